The fraction of sp³-hybridized carbons (Fsp3) is 0.409. The molecule has 2 heterocycles. The summed E-state index contributed by atoms with van der Waals surface area (Å²) in [6.45, 7) is 2.66. The summed E-state index contributed by atoms with van der Waals surface area (Å²) in [6.07, 6.45) is 7.28. The van der Waals surface area contributed by atoms with Gasteiger partial charge in [-0.25, -0.2) is 9.37 Å². The number of carbonyl (C=O) groups excluding carboxylic acids is 2. The van der Waals surface area contributed by atoms with Gasteiger partial charge >= 0.3 is 0 Å². The van der Waals surface area contributed by atoms with Gasteiger partial charge in [-0.1, -0.05) is 30.0 Å². The maximum absolute atomic E-state index is 14.6. The van der Waals surface area contributed by atoms with Crippen LogP contribution in [-0.4, -0.2) is 39.1 Å². The predicted octanol–water partition coefficient (Wildman–Crippen LogP) is 4.27. The van der Waals surface area contributed by atoms with Gasteiger partial charge in [-0.15, -0.1) is 0 Å². The molecule has 7 heteroatoms. The second kappa shape index (κ2) is 8.63. The van der Waals surface area contributed by atoms with E-state index < -0.39 is 6.04 Å². The third kappa shape index (κ3) is 4.67. The summed E-state index contributed by atoms with van der Waals surface area (Å²) in [5.74, 6) is -0.241. The fourth-order valence-corrected chi connectivity index (χ4v) is 4.80. The van der Waals surface area contributed by atoms with Crippen molar-refractivity contribution >= 4 is 28.7 Å². The molecule has 0 N–H and O–H groups in total. The number of Topliss-reactive ketones (excluding diaryl/α,β-unsaturated/α-hetero) is 1. The van der Waals surface area contributed by atoms with Crippen LogP contribution in [0.1, 0.15) is 43.5 Å². The molecule has 4 rings (SSSR count). The molecule has 1 aromatic heterocycles. The Morgan fingerprint density at radius 3 is 2.76 bits per heavy atom. The lowest BCUT2D eigenvalue weighted by atomic mass is 9.93. The van der Waals surface area contributed by atoms with Gasteiger partial charge in [0.05, 0.1) is 6.04 Å². The van der Waals surface area contributed by atoms with Crippen LogP contribution in [0.2, 0.25) is 0 Å². The van der Waals surface area contributed by atoms with Crippen LogP contribution in [0, 0.1) is 11.7 Å². The van der Waals surface area contributed by atoms with Gasteiger partial charge in [0.1, 0.15) is 17.8 Å². The maximum Gasteiger partial charge on any atom is 0.186 e. The molecule has 0 spiro atoms. The molecule has 2 unspecified atom stereocenters. The summed E-state index contributed by atoms with van der Waals surface area (Å²) in [5.41, 5.74) is 2.10. The number of carbonyl (C=O) groups is 2. The van der Waals surface area contributed by atoms with Gasteiger partial charge in [0.15, 0.2) is 17.3 Å². The van der Waals surface area contributed by atoms with E-state index >= 15 is 0 Å². The standard InChI is InChI=1S/C22H23FN2O3S/c1-14(26)29-20-8-9-25(11-16(20)10-17-12-28-13-24-17)21(22(27)15-6-7-15)18-4-2-3-5-19(18)23/h2-5,10,12-13,15,20-21H,6-9,11H2,1H3/b16-10+. The Kier molecular flexibility index (Phi) is 5.96. The quantitative estimate of drug-likeness (QED) is 0.703. The van der Waals surface area contributed by atoms with Gasteiger partial charge in [0.25, 0.3) is 0 Å². The highest BCUT2D eigenvalue weighted by molar-refractivity contribution is 8.14. The maximum atomic E-state index is 14.6. The predicted molar refractivity (Wildman–Crippen MR) is 110 cm³/mol. The molecule has 1 aromatic carbocycles. The smallest absolute Gasteiger partial charge is 0.186 e. The number of rotatable bonds is 6. The van der Waals surface area contributed by atoms with Crippen LogP contribution >= 0.6 is 11.8 Å². The summed E-state index contributed by atoms with van der Waals surface area (Å²) < 4.78 is 19.7. The van der Waals surface area contributed by atoms with E-state index in [9.17, 15) is 14.0 Å². The number of benzene rings is 1. The van der Waals surface area contributed by atoms with E-state index in [1.54, 1.807) is 31.4 Å². The Balaban J connectivity index is 1.66. The number of aromatic nitrogens is 1. The minimum absolute atomic E-state index is 0.0118. The molecule has 1 aliphatic carbocycles. The lowest BCUT2D eigenvalue weighted by molar-refractivity contribution is -0.126. The average Bonchev–Trinajstić information content (AvgIpc) is 3.42. The number of halogens is 1. The van der Waals surface area contributed by atoms with E-state index in [1.807, 2.05) is 11.0 Å². The first-order valence-electron chi connectivity index (χ1n) is 9.81. The molecular weight excluding hydrogens is 391 g/mol. The number of hydrogen-bond acceptors (Lipinski definition) is 6. The van der Waals surface area contributed by atoms with Gasteiger partial charge in [-0.05, 0) is 37.0 Å². The van der Waals surface area contributed by atoms with E-state index in [0.717, 1.165) is 18.4 Å². The van der Waals surface area contributed by atoms with Crippen molar-refractivity contribution in [2.24, 2.45) is 5.92 Å². The first kappa shape index (κ1) is 20.0. The minimum atomic E-state index is -0.604. The van der Waals surface area contributed by atoms with Gasteiger partial charge in [0, 0.05) is 36.7 Å². The Labute approximate surface area is 173 Å². The second-order valence-electron chi connectivity index (χ2n) is 7.59. The van der Waals surface area contributed by atoms with Crippen molar-refractivity contribution in [1.29, 1.82) is 0 Å². The summed E-state index contributed by atoms with van der Waals surface area (Å²) >= 11 is 1.29. The Morgan fingerprint density at radius 1 is 1.31 bits per heavy atom. The largest absolute Gasteiger partial charge is 0.451 e. The van der Waals surface area contributed by atoms with Crippen molar-refractivity contribution in [3.63, 3.8) is 0 Å². The van der Waals surface area contributed by atoms with Crippen molar-refractivity contribution in [1.82, 2.24) is 9.88 Å². The van der Waals surface area contributed by atoms with Crippen molar-refractivity contribution in [3.8, 4) is 0 Å². The highest BCUT2D eigenvalue weighted by Crippen LogP contribution is 2.40. The SMILES string of the molecule is CC(=O)SC1CCN(C(C(=O)C2CC2)c2ccccc2F)C/C1=C\c1cocn1. The molecule has 2 fully saturated rings. The van der Waals surface area contributed by atoms with E-state index in [0.29, 0.717) is 30.8 Å². The van der Waals surface area contributed by atoms with Crippen LogP contribution in [0.25, 0.3) is 6.08 Å². The molecule has 2 atom stereocenters. The molecule has 0 bridgehead atoms. The number of thioether (sulfide) groups is 1. The highest BCUT2D eigenvalue weighted by atomic mass is 32.2. The number of likely N-dealkylation sites (tertiary alicyclic amines) is 1. The van der Waals surface area contributed by atoms with Crippen LogP contribution in [0.15, 0.2) is 46.9 Å². The van der Waals surface area contributed by atoms with E-state index in [4.69, 9.17) is 4.42 Å². The molecule has 1 aliphatic heterocycles. The van der Waals surface area contributed by atoms with Crippen LogP contribution in [0.3, 0.4) is 0 Å². The van der Waals surface area contributed by atoms with Crippen molar-refractivity contribution < 1.29 is 18.4 Å². The Morgan fingerprint density at radius 2 is 2.10 bits per heavy atom. The third-order valence-electron chi connectivity index (χ3n) is 5.38. The second-order valence-corrected chi connectivity index (χ2v) is 8.97. The number of hydrogen-bond donors (Lipinski definition) is 0. The van der Waals surface area contributed by atoms with Gasteiger partial charge in [0.2, 0.25) is 0 Å². The lowest BCUT2D eigenvalue weighted by Gasteiger charge is -2.38. The number of ketones is 1. The van der Waals surface area contributed by atoms with Crippen molar-refractivity contribution in [2.45, 2.75) is 37.5 Å². The first-order valence-corrected chi connectivity index (χ1v) is 10.7. The summed E-state index contributed by atoms with van der Waals surface area (Å²) in [4.78, 5) is 31.1. The molecule has 5 nitrogen and oxygen atoms in total. The average molecular weight is 415 g/mol. The zero-order valence-corrected chi connectivity index (χ0v) is 17.0. The van der Waals surface area contributed by atoms with Crippen LogP contribution in [-0.2, 0) is 9.59 Å². The molecule has 152 valence electrons. The van der Waals surface area contributed by atoms with Gasteiger partial charge in [-0.3, -0.25) is 14.5 Å². The molecule has 0 amide bonds. The van der Waals surface area contributed by atoms with Gasteiger partial charge in [-0.2, -0.15) is 0 Å². The van der Waals surface area contributed by atoms with E-state index in [-0.39, 0.29) is 27.9 Å². The van der Waals surface area contributed by atoms with E-state index in [2.05, 4.69) is 4.98 Å². The zero-order valence-electron chi connectivity index (χ0n) is 16.2. The molecule has 1 saturated carbocycles. The number of piperidine rings is 1. The van der Waals surface area contributed by atoms with E-state index in [1.165, 1.54) is 24.2 Å². The van der Waals surface area contributed by atoms with Gasteiger partial charge < -0.3 is 4.42 Å². The molecule has 29 heavy (non-hydrogen) atoms. The van der Waals surface area contributed by atoms with Crippen LogP contribution in [0.4, 0.5) is 4.39 Å². The van der Waals surface area contributed by atoms with Crippen LogP contribution in [0.5, 0.6) is 0 Å². The third-order valence-corrected chi connectivity index (χ3v) is 6.54. The molecular formula is C22H23FN2O3S. The molecule has 2 aromatic rings. The zero-order chi connectivity index (χ0) is 20.4. The number of nitrogens with zero attached hydrogens (tertiary/aromatic N) is 2. The molecule has 1 saturated heterocycles. The normalized spacial score (nSPS) is 22.6. The number of oxazole rings is 1. The van der Waals surface area contributed by atoms with Crippen molar-refractivity contribution in [3.05, 3.63) is 59.6 Å². The fourth-order valence-electron chi connectivity index (χ4n) is 3.88. The monoisotopic (exact) mass is 414 g/mol. The summed E-state index contributed by atoms with van der Waals surface area (Å²) in [7, 11) is 0. The molecule has 2 aliphatic rings. The summed E-state index contributed by atoms with van der Waals surface area (Å²) in [5, 5.41) is 0.0620. The summed E-state index contributed by atoms with van der Waals surface area (Å²) in [6, 6.07) is 5.93. The Bertz CT molecular complexity index is 924. The van der Waals surface area contributed by atoms with Crippen molar-refractivity contribution in [2.75, 3.05) is 13.1 Å². The van der Waals surface area contributed by atoms with Crippen LogP contribution < -0.4 is 0 Å². The topological polar surface area (TPSA) is 63.4 Å². The Hall–Kier alpha value is -2.25. The highest BCUT2D eigenvalue weighted by Gasteiger charge is 2.41. The minimum Gasteiger partial charge on any atom is -0.451 e. The molecule has 0 radical (unpaired) electrons. The lowest BCUT2D eigenvalue weighted by Crippen LogP contribution is -2.43. The first-order chi connectivity index (χ1) is 14.0.